The predicted octanol–water partition coefficient (Wildman–Crippen LogP) is 4.36. The fraction of sp³-hybridized carbons (Fsp3) is 0. The molecule has 1 aromatic heterocycles. The Morgan fingerprint density at radius 3 is 2.62 bits per heavy atom. The fourth-order valence-corrected chi connectivity index (χ4v) is 2.16. The van der Waals surface area contributed by atoms with E-state index in [0.29, 0.717) is 22.2 Å². The van der Waals surface area contributed by atoms with Gasteiger partial charge in [0, 0.05) is 16.1 Å². The molecule has 0 saturated carbocycles. The monoisotopic (exact) mass is 299 g/mol. The molecule has 0 saturated heterocycles. The van der Waals surface area contributed by atoms with Crippen molar-refractivity contribution in [3.05, 3.63) is 65.3 Å². The number of nitrogens with zero attached hydrogens (tertiary/aromatic N) is 1. The Bertz CT molecular complexity index is 811. The second-order valence-corrected chi connectivity index (χ2v) is 4.86. The zero-order chi connectivity index (χ0) is 14.8. The molecule has 0 bridgehead atoms. The molecule has 0 aliphatic rings. The summed E-state index contributed by atoms with van der Waals surface area (Å²) in [5, 5.41) is 9.61. The molecule has 21 heavy (non-hydrogen) atoms. The van der Waals surface area contributed by atoms with Crippen molar-refractivity contribution in [2.45, 2.75) is 0 Å². The highest BCUT2D eigenvalue weighted by molar-refractivity contribution is 6.30. The number of halogens is 1. The Morgan fingerprint density at radius 1 is 1.10 bits per heavy atom. The van der Waals surface area contributed by atoms with Gasteiger partial charge in [-0.15, -0.1) is 0 Å². The van der Waals surface area contributed by atoms with Crippen molar-refractivity contribution in [2.24, 2.45) is 0 Å². The van der Waals surface area contributed by atoms with Crippen LogP contribution in [0.2, 0.25) is 5.02 Å². The van der Waals surface area contributed by atoms with Gasteiger partial charge in [0.15, 0.2) is 5.76 Å². The van der Waals surface area contributed by atoms with Crippen molar-refractivity contribution in [3.8, 4) is 22.8 Å². The number of aromatic nitrogens is 1. The van der Waals surface area contributed by atoms with E-state index in [9.17, 15) is 4.79 Å². The summed E-state index contributed by atoms with van der Waals surface area (Å²) in [6.45, 7) is 0. The van der Waals surface area contributed by atoms with E-state index in [2.05, 4.69) is 4.98 Å². The number of hydrogen-bond acceptors (Lipinski definition) is 3. The maximum atomic E-state index is 11.0. The summed E-state index contributed by atoms with van der Waals surface area (Å²) in [7, 11) is 0. The molecule has 5 heteroatoms. The quantitative estimate of drug-likeness (QED) is 0.780. The normalized spacial score (nSPS) is 10.5. The minimum atomic E-state index is -0.988. The van der Waals surface area contributed by atoms with Gasteiger partial charge in [0.25, 0.3) is 0 Å². The van der Waals surface area contributed by atoms with E-state index in [1.54, 1.807) is 30.5 Å². The van der Waals surface area contributed by atoms with Crippen LogP contribution < -0.4 is 0 Å². The number of carboxylic acid groups (broad SMARTS) is 1. The maximum absolute atomic E-state index is 11.0. The smallest absolute Gasteiger partial charge is 0.335 e. The molecule has 0 unspecified atom stereocenters. The molecular weight excluding hydrogens is 290 g/mol. The van der Waals surface area contributed by atoms with E-state index in [-0.39, 0.29) is 5.56 Å². The van der Waals surface area contributed by atoms with Crippen molar-refractivity contribution in [2.75, 3.05) is 0 Å². The lowest BCUT2D eigenvalue weighted by molar-refractivity contribution is 0.0697. The molecule has 3 aromatic rings. The summed E-state index contributed by atoms with van der Waals surface area (Å²) < 4.78 is 5.68. The van der Waals surface area contributed by atoms with Gasteiger partial charge in [-0.1, -0.05) is 29.8 Å². The van der Waals surface area contributed by atoms with Crippen molar-refractivity contribution in [3.63, 3.8) is 0 Å². The largest absolute Gasteiger partial charge is 0.478 e. The Kier molecular flexibility index (Phi) is 3.46. The van der Waals surface area contributed by atoms with E-state index in [1.165, 1.54) is 12.1 Å². The maximum Gasteiger partial charge on any atom is 0.335 e. The van der Waals surface area contributed by atoms with Crippen LogP contribution in [0.5, 0.6) is 0 Å². The highest BCUT2D eigenvalue weighted by atomic mass is 35.5. The third-order valence-electron chi connectivity index (χ3n) is 2.97. The van der Waals surface area contributed by atoms with E-state index >= 15 is 0 Å². The van der Waals surface area contributed by atoms with Gasteiger partial charge in [-0.2, -0.15) is 0 Å². The lowest BCUT2D eigenvalue weighted by Gasteiger charge is -1.99. The highest BCUT2D eigenvalue weighted by Crippen LogP contribution is 2.27. The molecule has 0 radical (unpaired) electrons. The molecule has 3 rings (SSSR count). The van der Waals surface area contributed by atoms with Crippen LogP contribution in [0.4, 0.5) is 0 Å². The molecule has 1 N–H and O–H groups in total. The third kappa shape index (κ3) is 2.80. The lowest BCUT2D eigenvalue weighted by Crippen LogP contribution is -1.95. The summed E-state index contributed by atoms with van der Waals surface area (Å²) in [4.78, 5) is 15.2. The number of aromatic carboxylic acids is 1. The van der Waals surface area contributed by atoms with Crippen LogP contribution >= 0.6 is 11.6 Å². The molecule has 0 amide bonds. The minimum Gasteiger partial charge on any atom is -0.478 e. The molecule has 4 nitrogen and oxygen atoms in total. The van der Waals surface area contributed by atoms with Gasteiger partial charge in [0.05, 0.1) is 11.8 Å². The summed E-state index contributed by atoms with van der Waals surface area (Å²) in [5.74, 6) is -0.0419. The molecule has 2 aromatic carbocycles. The molecular formula is C16H10ClNO3. The van der Waals surface area contributed by atoms with Gasteiger partial charge < -0.3 is 9.52 Å². The van der Waals surface area contributed by atoms with Crippen LogP contribution in [0.1, 0.15) is 10.4 Å². The van der Waals surface area contributed by atoms with E-state index in [0.717, 1.165) is 5.56 Å². The van der Waals surface area contributed by atoms with Crippen LogP contribution in [0.15, 0.2) is 59.1 Å². The van der Waals surface area contributed by atoms with Crippen molar-refractivity contribution >= 4 is 17.6 Å². The van der Waals surface area contributed by atoms with Gasteiger partial charge in [-0.3, -0.25) is 0 Å². The van der Waals surface area contributed by atoms with E-state index in [1.807, 2.05) is 12.1 Å². The van der Waals surface area contributed by atoms with Crippen LogP contribution in [0, 0.1) is 0 Å². The molecule has 0 spiro atoms. The van der Waals surface area contributed by atoms with Gasteiger partial charge >= 0.3 is 5.97 Å². The van der Waals surface area contributed by atoms with Gasteiger partial charge in [-0.05, 0) is 30.3 Å². The number of rotatable bonds is 3. The third-order valence-corrected chi connectivity index (χ3v) is 3.21. The molecule has 104 valence electrons. The highest BCUT2D eigenvalue weighted by Gasteiger charge is 2.11. The Hall–Kier alpha value is -2.59. The number of carboxylic acids is 1. The second-order valence-electron chi connectivity index (χ2n) is 4.43. The molecule has 0 atom stereocenters. The standard InChI is InChI=1S/C16H10ClNO3/c17-13-6-2-3-10(8-13)14-9-18-15(21-14)11-4-1-5-12(7-11)16(19)20/h1-9H,(H,19,20). The van der Waals surface area contributed by atoms with Crippen molar-refractivity contribution in [1.82, 2.24) is 4.98 Å². The summed E-state index contributed by atoms with van der Waals surface area (Å²) >= 11 is 5.95. The second kappa shape index (κ2) is 5.42. The number of hydrogen-bond donors (Lipinski definition) is 1. The number of oxazole rings is 1. The first kappa shape index (κ1) is 13.4. The van der Waals surface area contributed by atoms with Crippen LogP contribution in [-0.4, -0.2) is 16.1 Å². The zero-order valence-corrected chi connectivity index (χ0v) is 11.5. The van der Waals surface area contributed by atoms with E-state index in [4.69, 9.17) is 21.1 Å². The first-order valence-electron chi connectivity index (χ1n) is 6.19. The van der Waals surface area contributed by atoms with Gasteiger partial charge in [0.2, 0.25) is 5.89 Å². The van der Waals surface area contributed by atoms with E-state index < -0.39 is 5.97 Å². The van der Waals surface area contributed by atoms with Crippen LogP contribution in [0.25, 0.3) is 22.8 Å². The van der Waals surface area contributed by atoms with Crippen molar-refractivity contribution in [1.29, 1.82) is 0 Å². The molecule has 0 fully saturated rings. The average molecular weight is 300 g/mol. The van der Waals surface area contributed by atoms with Crippen LogP contribution in [-0.2, 0) is 0 Å². The summed E-state index contributed by atoms with van der Waals surface area (Å²) in [6, 6.07) is 13.7. The van der Waals surface area contributed by atoms with Gasteiger partial charge in [-0.25, -0.2) is 9.78 Å². The number of carbonyl (C=O) groups is 1. The minimum absolute atomic E-state index is 0.190. The average Bonchev–Trinajstić information content (AvgIpc) is 2.97. The Labute approximate surface area is 125 Å². The summed E-state index contributed by atoms with van der Waals surface area (Å²) in [6.07, 6.45) is 1.59. The topological polar surface area (TPSA) is 63.3 Å². The Balaban J connectivity index is 1.98. The molecule has 0 aliphatic heterocycles. The lowest BCUT2D eigenvalue weighted by atomic mass is 10.1. The first-order valence-corrected chi connectivity index (χ1v) is 6.57. The SMILES string of the molecule is O=C(O)c1cccc(-c2ncc(-c3cccc(Cl)c3)o2)c1. The first-order chi connectivity index (χ1) is 10.1. The van der Waals surface area contributed by atoms with Crippen LogP contribution in [0.3, 0.4) is 0 Å². The summed E-state index contributed by atoms with van der Waals surface area (Å²) in [5.41, 5.74) is 1.62. The van der Waals surface area contributed by atoms with Gasteiger partial charge in [0.1, 0.15) is 0 Å². The predicted molar refractivity (Wildman–Crippen MR) is 79.3 cm³/mol. The zero-order valence-electron chi connectivity index (χ0n) is 10.8. The molecule has 0 aliphatic carbocycles. The van der Waals surface area contributed by atoms with Crippen molar-refractivity contribution < 1.29 is 14.3 Å². The Morgan fingerprint density at radius 2 is 1.86 bits per heavy atom. The molecule has 1 heterocycles. The number of benzene rings is 2. The fourth-order valence-electron chi connectivity index (χ4n) is 1.97.